The molecule has 0 saturated carbocycles. The van der Waals surface area contributed by atoms with Crippen molar-refractivity contribution in [3.05, 3.63) is 0 Å². The van der Waals surface area contributed by atoms with Crippen molar-refractivity contribution < 1.29 is 9.59 Å². The first-order valence-corrected chi connectivity index (χ1v) is 5.97. The van der Waals surface area contributed by atoms with E-state index in [2.05, 4.69) is 6.92 Å². The lowest BCUT2D eigenvalue weighted by Crippen LogP contribution is -2.40. The van der Waals surface area contributed by atoms with Crippen molar-refractivity contribution in [1.29, 1.82) is 0 Å². The van der Waals surface area contributed by atoms with Gasteiger partial charge in [-0.2, -0.15) is 0 Å². The summed E-state index contributed by atoms with van der Waals surface area (Å²) in [5, 5.41) is 0. The average molecular weight is 226 g/mol. The van der Waals surface area contributed by atoms with Crippen molar-refractivity contribution in [2.75, 3.05) is 13.1 Å². The Morgan fingerprint density at radius 2 is 2.06 bits per heavy atom. The molecule has 1 aliphatic heterocycles. The summed E-state index contributed by atoms with van der Waals surface area (Å²) in [4.78, 5) is 25.0. The molecular weight excluding hydrogens is 204 g/mol. The molecular formula is C12H22N2O2. The molecule has 0 spiro atoms. The Kier molecular flexibility index (Phi) is 3.94. The van der Waals surface area contributed by atoms with Gasteiger partial charge in [0.1, 0.15) is 0 Å². The van der Waals surface area contributed by atoms with Crippen LogP contribution in [0.1, 0.15) is 40.0 Å². The first-order valence-electron chi connectivity index (χ1n) is 5.97. The van der Waals surface area contributed by atoms with Crippen LogP contribution in [0.2, 0.25) is 0 Å². The lowest BCUT2D eigenvalue weighted by atomic mass is 9.86. The highest BCUT2D eigenvalue weighted by atomic mass is 16.2. The van der Waals surface area contributed by atoms with E-state index in [-0.39, 0.29) is 23.1 Å². The fourth-order valence-corrected chi connectivity index (χ4v) is 2.34. The van der Waals surface area contributed by atoms with E-state index in [9.17, 15) is 9.59 Å². The normalized spacial score (nSPS) is 21.2. The lowest BCUT2D eigenvalue weighted by molar-refractivity contribution is -0.139. The third-order valence-corrected chi connectivity index (χ3v) is 3.33. The predicted octanol–water partition coefficient (Wildman–Crippen LogP) is 1.15. The number of amides is 2. The van der Waals surface area contributed by atoms with Gasteiger partial charge in [-0.25, -0.2) is 0 Å². The van der Waals surface area contributed by atoms with Gasteiger partial charge in [0, 0.05) is 18.5 Å². The van der Waals surface area contributed by atoms with Gasteiger partial charge in [-0.1, -0.05) is 27.2 Å². The van der Waals surface area contributed by atoms with Gasteiger partial charge in [0.05, 0.1) is 5.92 Å². The van der Waals surface area contributed by atoms with Crippen molar-refractivity contribution in [2.24, 2.45) is 17.1 Å². The van der Waals surface area contributed by atoms with Gasteiger partial charge < -0.3 is 10.6 Å². The molecule has 0 bridgehead atoms. The van der Waals surface area contributed by atoms with Gasteiger partial charge in [0.25, 0.3) is 0 Å². The standard InChI is InChI=1S/C12H22N2O2/c1-4-6-12(2,3)11(16)14-7-5-9(8-14)10(13)15/h9H,4-8H2,1-3H3,(H2,13,15). The van der Waals surface area contributed by atoms with Gasteiger partial charge >= 0.3 is 0 Å². The molecule has 2 N–H and O–H groups in total. The predicted molar refractivity (Wildman–Crippen MR) is 62.6 cm³/mol. The number of likely N-dealkylation sites (tertiary alicyclic amines) is 1. The Hall–Kier alpha value is -1.06. The minimum Gasteiger partial charge on any atom is -0.369 e. The number of carbonyl (C=O) groups is 2. The van der Waals surface area contributed by atoms with Crippen LogP contribution in [0.4, 0.5) is 0 Å². The van der Waals surface area contributed by atoms with Gasteiger partial charge in [0.2, 0.25) is 11.8 Å². The van der Waals surface area contributed by atoms with Crippen molar-refractivity contribution in [3.63, 3.8) is 0 Å². The van der Waals surface area contributed by atoms with Crippen LogP contribution in [-0.2, 0) is 9.59 Å². The molecule has 4 heteroatoms. The van der Waals surface area contributed by atoms with E-state index in [1.165, 1.54) is 0 Å². The zero-order chi connectivity index (χ0) is 12.3. The number of nitrogens with two attached hydrogens (primary N) is 1. The summed E-state index contributed by atoms with van der Waals surface area (Å²) in [6.07, 6.45) is 2.58. The average Bonchev–Trinajstić information content (AvgIpc) is 2.65. The molecule has 92 valence electrons. The molecule has 1 unspecified atom stereocenters. The fraction of sp³-hybridized carbons (Fsp3) is 0.833. The van der Waals surface area contributed by atoms with Crippen LogP contribution in [0.15, 0.2) is 0 Å². The minimum absolute atomic E-state index is 0.151. The molecule has 0 radical (unpaired) electrons. The molecule has 1 heterocycles. The smallest absolute Gasteiger partial charge is 0.228 e. The number of carbonyl (C=O) groups excluding carboxylic acids is 2. The van der Waals surface area contributed by atoms with E-state index in [0.29, 0.717) is 19.5 Å². The second-order valence-electron chi connectivity index (χ2n) is 5.27. The number of primary amides is 1. The van der Waals surface area contributed by atoms with E-state index in [1.54, 1.807) is 4.90 Å². The molecule has 0 aromatic heterocycles. The molecule has 1 atom stereocenters. The summed E-state index contributed by atoms with van der Waals surface area (Å²) in [5.41, 5.74) is 4.93. The molecule has 1 fully saturated rings. The minimum atomic E-state index is -0.318. The van der Waals surface area contributed by atoms with Crippen LogP contribution in [0.25, 0.3) is 0 Å². The Labute approximate surface area is 97.2 Å². The largest absolute Gasteiger partial charge is 0.369 e. The SMILES string of the molecule is CCCC(C)(C)C(=O)N1CCC(C(N)=O)C1. The summed E-state index contributed by atoms with van der Waals surface area (Å²) in [6.45, 7) is 7.18. The van der Waals surface area contributed by atoms with Gasteiger partial charge in [-0.3, -0.25) is 9.59 Å². The fourth-order valence-electron chi connectivity index (χ4n) is 2.34. The maximum atomic E-state index is 12.2. The molecule has 1 rings (SSSR count). The monoisotopic (exact) mass is 226 g/mol. The lowest BCUT2D eigenvalue weighted by Gasteiger charge is -2.28. The van der Waals surface area contributed by atoms with E-state index in [0.717, 1.165) is 12.8 Å². The van der Waals surface area contributed by atoms with E-state index < -0.39 is 0 Å². The van der Waals surface area contributed by atoms with Gasteiger partial charge in [-0.05, 0) is 12.8 Å². The third kappa shape index (κ3) is 2.74. The first-order chi connectivity index (χ1) is 7.38. The van der Waals surface area contributed by atoms with Crippen LogP contribution >= 0.6 is 0 Å². The van der Waals surface area contributed by atoms with Crippen LogP contribution < -0.4 is 5.73 Å². The number of rotatable bonds is 4. The summed E-state index contributed by atoms with van der Waals surface area (Å²) in [7, 11) is 0. The summed E-state index contributed by atoms with van der Waals surface area (Å²) < 4.78 is 0. The highest BCUT2D eigenvalue weighted by Crippen LogP contribution is 2.28. The molecule has 4 nitrogen and oxygen atoms in total. The Bertz CT molecular complexity index is 287. The van der Waals surface area contributed by atoms with Crippen molar-refractivity contribution in [2.45, 2.75) is 40.0 Å². The van der Waals surface area contributed by atoms with E-state index in [1.807, 2.05) is 13.8 Å². The second-order valence-corrected chi connectivity index (χ2v) is 5.27. The molecule has 1 saturated heterocycles. The molecule has 2 amide bonds. The maximum Gasteiger partial charge on any atom is 0.228 e. The number of hydrogen-bond donors (Lipinski definition) is 1. The number of nitrogens with zero attached hydrogens (tertiary/aromatic N) is 1. The Morgan fingerprint density at radius 3 is 2.50 bits per heavy atom. The quantitative estimate of drug-likeness (QED) is 0.781. The molecule has 1 aliphatic rings. The summed E-state index contributed by atoms with van der Waals surface area (Å²) in [6, 6.07) is 0. The third-order valence-electron chi connectivity index (χ3n) is 3.33. The second kappa shape index (κ2) is 4.85. The van der Waals surface area contributed by atoms with Crippen LogP contribution in [0, 0.1) is 11.3 Å². The van der Waals surface area contributed by atoms with Crippen molar-refractivity contribution in [3.8, 4) is 0 Å². The number of hydrogen-bond acceptors (Lipinski definition) is 2. The first kappa shape index (κ1) is 13.0. The molecule has 0 aliphatic carbocycles. The highest BCUT2D eigenvalue weighted by Gasteiger charge is 2.36. The van der Waals surface area contributed by atoms with Gasteiger partial charge in [0.15, 0.2) is 0 Å². The molecule has 16 heavy (non-hydrogen) atoms. The van der Waals surface area contributed by atoms with Crippen LogP contribution in [0.5, 0.6) is 0 Å². The summed E-state index contributed by atoms with van der Waals surface area (Å²) >= 11 is 0. The Morgan fingerprint density at radius 1 is 1.44 bits per heavy atom. The maximum absolute atomic E-state index is 12.2. The van der Waals surface area contributed by atoms with Gasteiger partial charge in [-0.15, -0.1) is 0 Å². The zero-order valence-corrected chi connectivity index (χ0v) is 10.5. The topological polar surface area (TPSA) is 63.4 Å². The molecule has 0 aromatic rings. The van der Waals surface area contributed by atoms with Crippen LogP contribution in [-0.4, -0.2) is 29.8 Å². The van der Waals surface area contributed by atoms with Crippen molar-refractivity contribution >= 4 is 11.8 Å². The van der Waals surface area contributed by atoms with Crippen molar-refractivity contribution in [1.82, 2.24) is 4.90 Å². The van der Waals surface area contributed by atoms with Crippen LogP contribution in [0.3, 0.4) is 0 Å². The summed E-state index contributed by atoms with van der Waals surface area (Å²) in [5.74, 6) is -0.289. The highest BCUT2D eigenvalue weighted by molar-refractivity contribution is 5.84. The Balaban J connectivity index is 2.60. The van der Waals surface area contributed by atoms with E-state index in [4.69, 9.17) is 5.73 Å². The zero-order valence-electron chi connectivity index (χ0n) is 10.5. The van der Waals surface area contributed by atoms with E-state index >= 15 is 0 Å². The molecule has 0 aromatic carbocycles.